The lowest BCUT2D eigenvalue weighted by Gasteiger charge is -2.14. The molecule has 0 spiro atoms. The summed E-state index contributed by atoms with van der Waals surface area (Å²) in [5.74, 6) is -0.376. The molecule has 6 heteroatoms. The molecule has 0 aliphatic heterocycles. The minimum absolute atomic E-state index is 0.376. The van der Waals surface area contributed by atoms with Crippen LogP contribution >= 0.6 is 0 Å². The molecule has 0 fully saturated rings. The third-order valence-electron chi connectivity index (χ3n) is 3.42. The van der Waals surface area contributed by atoms with Crippen molar-refractivity contribution in [2.24, 2.45) is 0 Å². The number of nitrogens with zero attached hydrogens (tertiary/aromatic N) is 4. The summed E-state index contributed by atoms with van der Waals surface area (Å²) >= 11 is 0. The van der Waals surface area contributed by atoms with Crippen LogP contribution in [0.25, 0.3) is 0 Å². The molecular weight excluding hydrogens is 292 g/mol. The molecule has 116 valence electrons. The van der Waals surface area contributed by atoms with Gasteiger partial charge in [0.1, 0.15) is 18.8 Å². The van der Waals surface area contributed by atoms with Crippen LogP contribution in [-0.4, -0.2) is 25.7 Å². The first-order valence-corrected chi connectivity index (χ1v) is 7.26. The van der Waals surface area contributed by atoms with Crippen LogP contribution in [0.3, 0.4) is 0 Å². The number of carbonyl (C=O) groups is 1. The maximum Gasteiger partial charge on any atom is 0.339 e. The SMILES string of the molecule is C[C@@H](OC(=O)c1ccccc1Cn1cncn1)c1ccccn1. The fraction of sp³-hybridized carbons (Fsp3) is 0.176. The zero-order chi connectivity index (χ0) is 16.1. The van der Waals surface area contributed by atoms with Crippen LogP contribution in [0.4, 0.5) is 0 Å². The number of hydrogen-bond donors (Lipinski definition) is 0. The average molecular weight is 308 g/mol. The number of hydrogen-bond acceptors (Lipinski definition) is 5. The van der Waals surface area contributed by atoms with Gasteiger partial charge >= 0.3 is 5.97 Å². The van der Waals surface area contributed by atoms with Gasteiger partial charge in [0.25, 0.3) is 0 Å². The highest BCUT2D eigenvalue weighted by atomic mass is 16.5. The molecule has 3 rings (SSSR count). The van der Waals surface area contributed by atoms with Gasteiger partial charge in [-0.15, -0.1) is 0 Å². The lowest BCUT2D eigenvalue weighted by molar-refractivity contribution is 0.0328. The quantitative estimate of drug-likeness (QED) is 0.678. The first-order valence-electron chi connectivity index (χ1n) is 7.26. The molecule has 3 aromatic rings. The van der Waals surface area contributed by atoms with E-state index in [0.717, 1.165) is 11.3 Å². The monoisotopic (exact) mass is 308 g/mol. The van der Waals surface area contributed by atoms with Crippen molar-refractivity contribution in [2.75, 3.05) is 0 Å². The molecule has 6 nitrogen and oxygen atoms in total. The van der Waals surface area contributed by atoms with E-state index in [2.05, 4.69) is 15.1 Å². The summed E-state index contributed by atoms with van der Waals surface area (Å²) in [5.41, 5.74) is 2.07. The van der Waals surface area contributed by atoms with E-state index in [9.17, 15) is 4.79 Å². The highest BCUT2D eigenvalue weighted by Crippen LogP contribution is 2.18. The topological polar surface area (TPSA) is 69.9 Å². The van der Waals surface area contributed by atoms with E-state index in [-0.39, 0.29) is 5.97 Å². The maximum atomic E-state index is 12.5. The molecule has 0 N–H and O–H groups in total. The number of benzene rings is 1. The molecule has 1 aromatic carbocycles. The highest BCUT2D eigenvalue weighted by molar-refractivity contribution is 5.91. The number of rotatable bonds is 5. The number of ether oxygens (including phenoxy) is 1. The molecule has 2 aromatic heterocycles. The Morgan fingerprint density at radius 1 is 1.22 bits per heavy atom. The predicted molar refractivity (Wildman–Crippen MR) is 83.6 cm³/mol. The third-order valence-corrected chi connectivity index (χ3v) is 3.42. The molecule has 2 heterocycles. The molecule has 0 unspecified atom stereocenters. The third kappa shape index (κ3) is 3.60. The fourth-order valence-electron chi connectivity index (χ4n) is 2.25. The number of esters is 1. The van der Waals surface area contributed by atoms with Crippen molar-refractivity contribution in [2.45, 2.75) is 19.6 Å². The van der Waals surface area contributed by atoms with Gasteiger partial charge in [-0.2, -0.15) is 5.10 Å². The second-order valence-corrected chi connectivity index (χ2v) is 5.05. The van der Waals surface area contributed by atoms with Crippen LogP contribution in [0.15, 0.2) is 61.3 Å². The molecular formula is C17H16N4O2. The van der Waals surface area contributed by atoms with E-state index >= 15 is 0 Å². The normalized spacial score (nSPS) is 11.9. The standard InChI is InChI=1S/C17H16N4O2/c1-13(16-8-4-5-9-19-16)23-17(22)15-7-3-2-6-14(15)10-21-12-18-11-20-21/h2-9,11-13H,10H2,1H3/t13-/m1/s1. The molecule has 0 amide bonds. The molecule has 1 atom stereocenters. The van der Waals surface area contributed by atoms with E-state index < -0.39 is 6.10 Å². The summed E-state index contributed by atoms with van der Waals surface area (Å²) in [7, 11) is 0. The summed E-state index contributed by atoms with van der Waals surface area (Å²) in [6.07, 6.45) is 4.34. The van der Waals surface area contributed by atoms with Crippen molar-refractivity contribution in [3.63, 3.8) is 0 Å². The average Bonchev–Trinajstić information content (AvgIpc) is 3.09. The van der Waals surface area contributed by atoms with Gasteiger partial charge < -0.3 is 4.74 Å². The maximum absolute atomic E-state index is 12.5. The molecule has 0 aliphatic carbocycles. The Labute approximate surface area is 133 Å². The Balaban J connectivity index is 1.77. The second-order valence-electron chi connectivity index (χ2n) is 5.05. The minimum Gasteiger partial charge on any atom is -0.453 e. The molecule has 0 saturated carbocycles. The Bertz CT molecular complexity index is 772. The fourth-order valence-corrected chi connectivity index (χ4v) is 2.25. The number of carbonyl (C=O) groups excluding carboxylic acids is 1. The van der Waals surface area contributed by atoms with Crippen molar-refractivity contribution in [3.8, 4) is 0 Å². The largest absolute Gasteiger partial charge is 0.453 e. The Hall–Kier alpha value is -3.02. The molecule has 23 heavy (non-hydrogen) atoms. The van der Waals surface area contributed by atoms with E-state index in [1.807, 2.05) is 36.4 Å². The zero-order valence-corrected chi connectivity index (χ0v) is 12.7. The smallest absolute Gasteiger partial charge is 0.339 e. The highest BCUT2D eigenvalue weighted by Gasteiger charge is 2.17. The lowest BCUT2D eigenvalue weighted by Crippen LogP contribution is -2.13. The lowest BCUT2D eigenvalue weighted by atomic mass is 10.1. The van der Waals surface area contributed by atoms with Gasteiger partial charge in [0, 0.05) is 6.20 Å². The van der Waals surface area contributed by atoms with Gasteiger partial charge in [0.2, 0.25) is 0 Å². The van der Waals surface area contributed by atoms with Crippen LogP contribution in [0.5, 0.6) is 0 Å². The van der Waals surface area contributed by atoms with E-state index in [0.29, 0.717) is 12.1 Å². The van der Waals surface area contributed by atoms with Gasteiger partial charge in [-0.3, -0.25) is 4.98 Å². The van der Waals surface area contributed by atoms with Crippen LogP contribution in [0.1, 0.15) is 34.6 Å². The Kier molecular flexibility index (Phi) is 4.42. The van der Waals surface area contributed by atoms with Gasteiger partial charge in [-0.1, -0.05) is 24.3 Å². The van der Waals surface area contributed by atoms with Crippen molar-refractivity contribution in [3.05, 3.63) is 78.1 Å². The molecule has 0 bridgehead atoms. The molecule has 0 saturated heterocycles. The van der Waals surface area contributed by atoms with Crippen LogP contribution < -0.4 is 0 Å². The van der Waals surface area contributed by atoms with Crippen molar-refractivity contribution >= 4 is 5.97 Å². The van der Waals surface area contributed by atoms with Crippen molar-refractivity contribution < 1.29 is 9.53 Å². The van der Waals surface area contributed by atoms with Gasteiger partial charge in [0.05, 0.1) is 17.8 Å². The van der Waals surface area contributed by atoms with E-state index in [1.54, 1.807) is 30.2 Å². The predicted octanol–water partition coefficient (Wildman–Crippen LogP) is 2.64. The van der Waals surface area contributed by atoms with Crippen molar-refractivity contribution in [1.82, 2.24) is 19.7 Å². The van der Waals surface area contributed by atoms with Crippen LogP contribution in [0.2, 0.25) is 0 Å². The second kappa shape index (κ2) is 6.83. The van der Waals surface area contributed by atoms with Gasteiger partial charge in [-0.25, -0.2) is 14.5 Å². The van der Waals surface area contributed by atoms with Gasteiger partial charge in [0.15, 0.2) is 0 Å². The first kappa shape index (κ1) is 14.9. The Morgan fingerprint density at radius 2 is 2.04 bits per heavy atom. The molecule has 0 aliphatic rings. The van der Waals surface area contributed by atoms with Crippen LogP contribution in [-0.2, 0) is 11.3 Å². The summed E-state index contributed by atoms with van der Waals surface area (Å²) < 4.78 is 7.20. The summed E-state index contributed by atoms with van der Waals surface area (Å²) in [6, 6.07) is 12.8. The minimum atomic E-state index is -0.414. The number of pyridine rings is 1. The first-order chi connectivity index (χ1) is 11.2. The number of aromatic nitrogens is 4. The van der Waals surface area contributed by atoms with Crippen molar-refractivity contribution in [1.29, 1.82) is 0 Å². The summed E-state index contributed by atoms with van der Waals surface area (Å²) in [5, 5.41) is 4.06. The van der Waals surface area contributed by atoms with Gasteiger partial charge in [-0.05, 0) is 30.7 Å². The molecule has 0 radical (unpaired) electrons. The van der Waals surface area contributed by atoms with E-state index in [4.69, 9.17) is 4.74 Å². The van der Waals surface area contributed by atoms with E-state index in [1.165, 1.54) is 6.33 Å². The summed E-state index contributed by atoms with van der Waals surface area (Å²) in [4.78, 5) is 20.6. The van der Waals surface area contributed by atoms with Crippen LogP contribution in [0, 0.1) is 0 Å². The Morgan fingerprint density at radius 3 is 2.78 bits per heavy atom. The summed E-state index contributed by atoms with van der Waals surface area (Å²) in [6.45, 7) is 2.27. The zero-order valence-electron chi connectivity index (χ0n) is 12.7.